The van der Waals surface area contributed by atoms with E-state index in [4.69, 9.17) is 0 Å². The van der Waals surface area contributed by atoms with Crippen LogP contribution in [0, 0.1) is 0 Å². The molecule has 0 radical (unpaired) electrons. The largest absolute Gasteiger partial charge is 0.349 e. The number of likely N-dealkylation sites (tertiary alicyclic amines) is 1. The summed E-state index contributed by atoms with van der Waals surface area (Å²) >= 11 is 0. The Labute approximate surface area is 143 Å². The average molecular weight is 326 g/mol. The number of H-pyrrole nitrogens is 1. The number of hydrogen-bond acceptors (Lipinski definition) is 3. The minimum Gasteiger partial charge on any atom is -0.349 e. The Bertz CT molecular complexity index is 682. The number of benzene rings is 1. The van der Waals surface area contributed by atoms with Crippen LogP contribution in [-0.2, 0) is 13.0 Å². The number of nitrogens with zero attached hydrogens (tertiary/aromatic N) is 2. The van der Waals surface area contributed by atoms with E-state index in [1.165, 1.54) is 12.0 Å². The number of aromatic nitrogens is 2. The Morgan fingerprint density at radius 1 is 1.38 bits per heavy atom. The first-order valence-corrected chi connectivity index (χ1v) is 8.72. The predicted octanol–water partition coefficient (Wildman–Crippen LogP) is 2.76. The molecule has 1 aromatic carbocycles. The van der Waals surface area contributed by atoms with Crippen LogP contribution in [-0.4, -0.2) is 39.6 Å². The lowest BCUT2D eigenvalue weighted by molar-refractivity contribution is 0.0892. The average Bonchev–Trinajstić information content (AvgIpc) is 3.22. The monoisotopic (exact) mass is 326 g/mol. The molecule has 5 heteroatoms. The van der Waals surface area contributed by atoms with Gasteiger partial charge in [-0.15, -0.1) is 0 Å². The highest BCUT2D eigenvalue weighted by molar-refractivity contribution is 5.92. The third-order valence-corrected chi connectivity index (χ3v) is 5.00. The molecule has 24 heavy (non-hydrogen) atoms. The number of nitrogens with one attached hydrogen (secondary N) is 2. The maximum absolute atomic E-state index is 12.3. The van der Waals surface area contributed by atoms with E-state index in [-0.39, 0.29) is 11.4 Å². The van der Waals surface area contributed by atoms with Gasteiger partial charge in [-0.3, -0.25) is 14.8 Å². The van der Waals surface area contributed by atoms with Gasteiger partial charge in [-0.1, -0.05) is 37.3 Å². The van der Waals surface area contributed by atoms with Crippen molar-refractivity contribution in [2.75, 3.05) is 13.1 Å². The molecule has 3 rings (SSSR count). The molecule has 5 nitrogen and oxygen atoms in total. The van der Waals surface area contributed by atoms with E-state index < -0.39 is 0 Å². The minimum atomic E-state index is -0.0984. The van der Waals surface area contributed by atoms with Gasteiger partial charge in [0.25, 0.3) is 5.91 Å². The molecule has 2 aromatic rings. The SMILES string of the molecule is CCc1cc(C(=O)NC[C@]2(C)CCCN2Cc2ccccc2)n[nH]1. The van der Waals surface area contributed by atoms with Gasteiger partial charge in [0.1, 0.15) is 5.69 Å². The number of carbonyl (C=O) groups is 1. The Morgan fingerprint density at radius 2 is 2.17 bits per heavy atom. The molecule has 1 fully saturated rings. The third kappa shape index (κ3) is 3.67. The van der Waals surface area contributed by atoms with Gasteiger partial charge in [-0.2, -0.15) is 5.10 Å². The van der Waals surface area contributed by atoms with Gasteiger partial charge < -0.3 is 5.32 Å². The summed E-state index contributed by atoms with van der Waals surface area (Å²) in [4.78, 5) is 14.8. The maximum atomic E-state index is 12.3. The van der Waals surface area contributed by atoms with Gasteiger partial charge in [0.05, 0.1) is 0 Å². The molecule has 2 heterocycles. The van der Waals surface area contributed by atoms with Gasteiger partial charge in [0.2, 0.25) is 0 Å². The fraction of sp³-hybridized carbons (Fsp3) is 0.474. The van der Waals surface area contributed by atoms with E-state index >= 15 is 0 Å². The van der Waals surface area contributed by atoms with Crippen molar-refractivity contribution in [1.29, 1.82) is 0 Å². The smallest absolute Gasteiger partial charge is 0.271 e. The fourth-order valence-electron chi connectivity index (χ4n) is 3.37. The molecule has 2 N–H and O–H groups in total. The van der Waals surface area contributed by atoms with Gasteiger partial charge in [0.15, 0.2) is 0 Å². The van der Waals surface area contributed by atoms with Crippen molar-refractivity contribution >= 4 is 5.91 Å². The number of hydrogen-bond donors (Lipinski definition) is 2. The molecule has 0 saturated carbocycles. The predicted molar refractivity (Wildman–Crippen MR) is 94.8 cm³/mol. The molecule has 1 aliphatic rings. The molecular weight excluding hydrogens is 300 g/mol. The summed E-state index contributed by atoms with van der Waals surface area (Å²) in [5.74, 6) is -0.0984. The van der Waals surface area contributed by atoms with E-state index in [9.17, 15) is 4.79 Å². The van der Waals surface area contributed by atoms with Crippen LogP contribution in [0.3, 0.4) is 0 Å². The Kier molecular flexibility index (Phi) is 5.00. The highest BCUT2D eigenvalue weighted by atomic mass is 16.1. The summed E-state index contributed by atoms with van der Waals surface area (Å²) in [6, 6.07) is 12.3. The molecule has 128 valence electrons. The molecule has 1 aromatic heterocycles. The van der Waals surface area contributed by atoms with Crippen LogP contribution in [0.25, 0.3) is 0 Å². The lowest BCUT2D eigenvalue weighted by atomic mass is 9.98. The summed E-state index contributed by atoms with van der Waals surface area (Å²) in [6.07, 6.45) is 3.12. The van der Waals surface area contributed by atoms with Gasteiger partial charge >= 0.3 is 0 Å². The highest BCUT2D eigenvalue weighted by Gasteiger charge is 2.36. The summed E-state index contributed by atoms with van der Waals surface area (Å²) in [5, 5.41) is 10.1. The summed E-state index contributed by atoms with van der Waals surface area (Å²) in [7, 11) is 0. The van der Waals surface area contributed by atoms with Crippen LogP contribution in [0.2, 0.25) is 0 Å². The van der Waals surface area contributed by atoms with E-state index in [1.807, 2.05) is 19.1 Å². The van der Waals surface area contributed by atoms with E-state index in [2.05, 4.69) is 51.6 Å². The van der Waals surface area contributed by atoms with Crippen molar-refractivity contribution in [3.8, 4) is 0 Å². The first kappa shape index (κ1) is 16.7. The number of rotatable bonds is 6. The summed E-state index contributed by atoms with van der Waals surface area (Å²) in [6.45, 7) is 6.92. The first-order chi connectivity index (χ1) is 11.6. The van der Waals surface area contributed by atoms with Crippen LogP contribution < -0.4 is 5.32 Å². The molecule has 1 aliphatic heterocycles. The van der Waals surface area contributed by atoms with Crippen molar-refractivity contribution in [2.45, 2.75) is 45.2 Å². The molecule has 1 saturated heterocycles. The quantitative estimate of drug-likeness (QED) is 0.858. The van der Waals surface area contributed by atoms with Gasteiger partial charge in [-0.05, 0) is 44.4 Å². The van der Waals surface area contributed by atoms with Crippen molar-refractivity contribution in [2.24, 2.45) is 0 Å². The van der Waals surface area contributed by atoms with Gasteiger partial charge in [0, 0.05) is 24.3 Å². The number of aryl methyl sites for hydroxylation is 1. The molecular formula is C19H26N4O. The number of amides is 1. The van der Waals surface area contributed by atoms with E-state index in [0.717, 1.165) is 31.6 Å². The lowest BCUT2D eigenvalue weighted by Gasteiger charge is -2.35. The summed E-state index contributed by atoms with van der Waals surface area (Å²) in [5.41, 5.74) is 2.77. The fourth-order valence-corrected chi connectivity index (χ4v) is 3.37. The van der Waals surface area contributed by atoms with Crippen molar-refractivity contribution in [3.05, 3.63) is 53.3 Å². The van der Waals surface area contributed by atoms with Crippen LogP contribution in [0.4, 0.5) is 0 Å². The standard InChI is InChI=1S/C19H26N4O/c1-3-16-12-17(22-21-16)18(24)20-14-19(2)10-7-11-23(19)13-15-8-5-4-6-9-15/h4-6,8-9,12H,3,7,10-11,13-14H2,1-2H3,(H,20,24)(H,21,22)/t19-/m0/s1. The van der Waals surface area contributed by atoms with E-state index in [0.29, 0.717) is 12.2 Å². The zero-order valence-corrected chi connectivity index (χ0v) is 14.5. The molecule has 1 atom stereocenters. The Hall–Kier alpha value is -2.14. The van der Waals surface area contributed by atoms with Crippen molar-refractivity contribution in [3.63, 3.8) is 0 Å². The minimum absolute atomic E-state index is 0.00457. The van der Waals surface area contributed by atoms with Crippen LogP contribution in [0.15, 0.2) is 36.4 Å². The Balaban J connectivity index is 1.61. The molecule has 0 spiro atoms. The van der Waals surface area contributed by atoms with Crippen molar-refractivity contribution < 1.29 is 4.79 Å². The second-order valence-corrected chi connectivity index (χ2v) is 6.82. The van der Waals surface area contributed by atoms with Crippen LogP contribution in [0.1, 0.15) is 48.4 Å². The first-order valence-electron chi connectivity index (χ1n) is 8.72. The van der Waals surface area contributed by atoms with Gasteiger partial charge in [-0.25, -0.2) is 0 Å². The van der Waals surface area contributed by atoms with Crippen molar-refractivity contribution in [1.82, 2.24) is 20.4 Å². The van der Waals surface area contributed by atoms with Crippen LogP contribution in [0.5, 0.6) is 0 Å². The number of carbonyl (C=O) groups excluding carboxylic acids is 1. The Morgan fingerprint density at radius 3 is 2.88 bits per heavy atom. The number of aromatic amines is 1. The third-order valence-electron chi connectivity index (χ3n) is 5.00. The molecule has 1 amide bonds. The molecule has 0 bridgehead atoms. The highest BCUT2D eigenvalue weighted by Crippen LogP contribution is 2.30. The lowest BCUT2D eigenvalue weighted by Crippen LogP contribution is -2.49. The normalized spacial score (nSPS) is 21.1. The van der Waals surface area contributed by atoms with E-state index in [1.54, 1.807) is 0 Å². The summed E-state index contributed by atoms with van der Waals surface area (Å²) < 4.78 is 0. The molecule has 0 aliphatic carbocycles. The maximum Gasteiger partial charge on any atom is 0.271 e. The second kappa shape index (κ2) is 7.18. The topological polar surface area (TPSA) is 61.0 Å². The second-order valence-electron chi connectivity index (χ2n) is 6.82. The zero-order valence-electron chi connectivity index (χ0n) is 14.5. The zero-order chi connectivity index (χ0) is 17.0. The molecule has 0 unspecified atom stereocenters. The van der Waals surface area contributed by atoms with Crippen LogP contribution >= 0.6 is 0 Å².